The first-order chi connectivity index (χ1) is 15.8. The lowest BCUT2D eigenvalue weighted by Crippen LogP contribution is -2.39. The zero-order valence-corrected chi connectivity index (χ0v) is 19.9. The second kappa shape index (κ2) is 11.2. The summed E-state index contributed by atoms with van der Waals surface area (Å²) in [5.41, 5.74) is 1.43. The van der Waals surface area contributed by atoms with Gasteiger partial charge >= 0.3 is 0 Å². The maximum absolute atomic E-state index is 13.3. The number of ether oxygens (including phenoxy) is 2. The highest BCUT2D eigenvalue weighted by atomic mass is 35.5. The van der Waals surface area contributed by atoms with E-state index < -0.39 is 15.9 Å². The Kier molecular flexibility index (Phi) is 8.32. The number of nitrogens with zero attached hydrogens (tertiary/aromatic N) is 1. The van der Waals surface area contributed by atoms with Crippen LogP contribution in [-0.4, -0.2) is 45.9 Å². The highest BCUT2D eigenvalue weighted by Crippen LogP contribution is 2.29. The summed E-state index contributed by atoms with van der Waals surface area (Å²) in [4.78, 5) is 12.9. The molecule has 0 radical (unpaired) electrons. The summed E-state index contributed by atoms with van der Waals surface area (Å²) >= 11 is 5.91. The van der Waals surface area contributed by atoms with Gasteiger partial charge in [-0.3, -0.25) is 4.79 Å². The van der Waals surface area contributed by atoms with Crippen molar-refractivity contribution in [2.45, 2.75) is 11.3 Å². The number of benzene rings is 3. The first kappa shape index (κ1) is 24.6. The van der Waals surface area contributed by atoms with Crippen molar-refractivity contribution in [2.24, 2.45) is 0 Å². The van der Waals surface area contributed by atoms with E-state index in [4.69, 9.17) is 21.1 Å². The summed E-state index contributed by atoms with van der Waals surface area (Å²) in [5, 5.41) is 3.15. The van der Waals surface area contributed by atoms with E-state index in [0.717, 1.165) is 5.56 Å². The maximum Gasteiger partial charge on any atom is 0.243 e. The molecule has 0 aliphatic heterocycles. The average Bonchev–Trinajstić information content (AvgIpc) is 2.82. The minimum absolute atomic E-state index is 0.0684. The molecule has 0 aliphatic rings. The summed E-state index contributed by atoms with van der Waals surface area (Å²) in [6.45, 7) is -0.222. The Morgan fingerprint density at radius 1 is 0.939 bits per heavy atom. The highest BCUT2D eigenvalue weighted by molar-refractivity contribution is 7.89. The number of nitrogens with one attached hydrogen (secondary N) is 1. The molecular formula is C24H25ClN2O5S. The summed E-state index contributed by atoms with van der Waals surface area (Å²) < 4.78 is 38.2. The van der Waals surface area contributed by atoms with Gasteiger partial charge in [-0.2, -0.15) is 4.31 Å². The molecule has 174 valence electrons. The van der Waals surface area contributed by atoms with Gasteiger partial charge in [0.05, 0.1) is 25.7 Å². The number of methoxy groups -OCH3 is 2. The van der Waals surface area contributed by atoms with Crippen LogP contribution >= 0.6 is 11.6 Å². The Labute approximate surface area is 198 Å². The van der Waals surface area contributed by atoms with Gasteiger partial charge in [0.25, 0.3) is 0 Å². The monoisotopic (exact) mass is 488 g/mol. The highest BCUT2D eigenvalue weighted by Gasteiger charge is 2.26. The lowest BCUT2D eigenvalue weighted by molar-refractivity contribution is -0.116. The van der Waals surface area contributed by atoms with Crippen LogP contribution in [0.25, 0.3) is 0 Å². The molecule has 0 atom stereocenters. The van der Waals surface area contributed by atoms with Gasteiger partial charge < -0.3 is 14.8 Å². The number of anilines is 1. The molecule has 0 bridgehead atoms. The topological polar surface area (TPSA) is 84.9 Å². The van der Waals surface area contributed by atoms with E-state index >= 15 is 0 Å². The molecule has 3 rings (SSSR count). The molecule has 0 aromatic heterocycles. The van der Waals surface area contributed by atoms with Gasteiger partial charge in [-0.05, 0) is 48.4 Å². The number of hydrogen-bond acceptors (Lipinski definition) is 5. The van der Waals surface area contributed by atoms with E-state index in [2.05, 4.69) is 5.32 Å². The summed E-state index contributed by atoms with van der Waals surface area (Å²) in [5.74, 6) is 0.489. The van der Waals surface area contributed by atoms with Crippen molar-refractivity contribution in [2.75, 3.05) is 32.6 Å². The Bertz CT molecular complexity index is 1190. The molecule has 1 N–H and O–H groups in total. The predicted octanol–water partition coefficient (Wildman–Crippen LogP) is 4.23. The maximum atomic E-state index is 13.3. The fourth-order valence-corrected chi connectivity index (χ4v) is 4.74. The molecule has 0 unspecified atom stereocenters. The van der Waals surface area contributed by atoms with Gasteiger partial charge in [-0.25, -0.2) is 8.42 Å². The zero-order valence-electron chi connectivity index (χ0n) is 18.3. The number of amides is 1. The van der Waals surface area contributed by atoms with Crippen molar-refractivity contribution in [1.29, 1.82) is 0 Å². The summed E-state index contributed by atoms with van der Waals surface area (Å²) in [6, 6.07) is 20.3. The first-order valence-corrected chi connectivity index (χ1v) is 12.0. The molecule has 7 nitrogen and oxygen atoms in total. The van der Waals surface area contributed by atoms with E-state index in [1.54, 1.807) is 18.2 Å². The van der Waals surface area contributed by atoms with Gasteiger partial charge in [-0.1, -0.05) is 41.9 Å². The average molecular weight is 489 g/mol. The molecule has 0 spiro atoms. The minimum atomic E-state index is -3.93. The minimum Gasteiger partial charge on any atom is -0.493 e. The van der Waals surface area contributed by atoms with Crippen LogP contribution in [0.3, 0.4) is 0 Å². The van der Waals surface area contributed by atoms with E-state index in [9.17, 15) is 13.2 Å². The van der Waals surface area contributed by atoms with Crippen LogP contribution in [0.5, 0.6) is 11.5 Å². The van der Waals surface area contributed by atoms with Crippen LogP contribution in [0.1, 0.15) is 5.56 Å². The lowest BCUT2D eigenvalue weighted by Gasteiger charge is -2.22. The molecule has 1 amide bonds. The normalized spacial score (nSPS) is 11.3. The van der Waals surface area contributed by atoms with E-state index in [-0.39, 0.29) is 18.0 Å². The smallest absolute Gasteiger partial charge is 0.243 e. The van der Waals surface area contributed by atoms with Gasteiger partial charge in [0.15, 0.2) is 11.5 Å². The van der Waals surface area contributed by atoms with Crippen LogP contribution in [0, 0.1) is 0 Å². The van der Waals surface area contributed by atoms with Crippen molar-refractivity contribution >= 4 is 33.2 Å². The first-order valence-electron chi connectivity index (χ1n) is 10.1. The fourth-order valence-electron chi connectivity index (χ4n) is 3.21. The molecule has 0 saturated heterocycles. The predicted molar refractivity (Wildman–Crippen MR) is 129 cm³/mol. The van der Waals surface area contributed by atoms with E-state index in [1.807, 2.05) is 30.3 Å². The molecule has 33 heavy (non-hydrogen) atoms. The Morgan fingerprint density at radius 3 is 2.24 bits per heavy atom. The third-order valence-electron chi connectivity index (χ3n) is 4.93. The fraction of sp³-hybridized carbons (Fsp3) is 0.208. The van der Waals surface area contributed by atoms with Gasteiger partial charge in [0, 0.05) is 23.3 Å². The van der Waals surface area contributed by atoms with Crippen molar-refractivity contribution in [3.05, 3.63) is 83.4 Å². The summed E-state index contributed by atoms with van der Waals surface area (Å²) in [6.07, 6.45) is 0.456. The number of halogens is 1. The van der Waals surface area contributed by atoms with E-state index in [0.29, 0.717) is 28.6 Å². The molecule has 0 saturated carbocycles. The molecular weight excluding hydrogens is 464 g/mol. The third-order valence-corrected chi connectivity index (χ3v) is 7.04. The second-order valence-corrected chi connectivity index (χ2v) is 9.52. The molecule has 0 heterocycles. The molecule has 0 aliphatic carbocycles. The number of carbonyl (C=O) groups excluding carboxylic acids is 1. The van der Waals surface area contributed by atoms with Crippen molar-refractivity contribution in [3.63, 3.8) is 0 Å². The molecule has 9 heteroatoms. The Morgan fingerprint density at radius 2 is 1.61 bits per heavy atom. The largest absolute Gasteiger partial charge is 0.493 e. The Balaban J connectivity index is 1.81. The number of rotatable bonds is 10. The summed E-state index contributed by atoms with van der Waals surface area (Å²) in [7, 11) is -0.920. The third kappa shape index (κ3) is 6.47. The number of sulfonamides is 1. The van der Waals surface area contributed by atoms with Crippen LogP contribution in [0.15, 0.2) is 77.7 Å². The Hall–Kier alpha value is -3.07. The standard InChI is InChI=1S/C24H25ClN2O5S/c1-31-22-13-10-20(16-23(22)32-2)26-24(28)17-27(15-14-18-6-4-3-5-7-18)33(29,30)21-11-8-19(25)9-12-21/h3-13,16H,14-15,17H2,1-2H3,(H,26,28). The molecule has 3 aromatic carbocycles. The van der Waals surface area contributed by atoms with Crippen LogP contribution in [-0.2, 0) is 21.2 Å². The van der Waals surface area contributed by atoms with Crippen molar-refractivity contribution < 1.29 is 22.7 Å². The molecule has 3 aromatic rings. The number of carbonyl (C=O) groups is 1. The SMILES string of the molecule is COc1ccc(NC(=O)CN(CCc2ccccc2)S(=O)(=O)c2ccc(Cl)cc2)cc1OC. The van der Waals surface area contributed by atoms with Gasteiger partial charge in [0.1, 0.15) is 0 Å². The van der Waals surface area contributed by atoms with Crippen molar-refractivity contribution in [1.82, 2.24) is 4.31 Å². The van der Waals surface area contributed by atoms with Crippen molar-refractivity contribution in [3.8, 4) is 11.5 Å². The van der Waals surface area contributed by atoms with Crippen LogP contribution in [0.2, 0.25) is 5.02 Å². The second-order valence-electron chi connectivity index (χ2n) is 7.15. The quantitative estimate of drug-likeness (QED) is 0.461. The van der Waals surface area contributed by atoms with Gasteiger partial charge in [-0.15, -0.1) is 0 Å². The number of hydrogen-bond donors (Lipinski definition) is 1. The zero-order chi connectivity index (χ0) is 23.8. The lowest BCUT2D eigenvalue weighted by atomic mass is 10.1. The van der Waals surface area contributed by atoms with E-state index in [1.165, 1.54) is 42.8 Å². The molecule has 0 fully saturated rings. The van der Waals surface area contributed by atoms with Crippen LogP contribution in [0.4, 0.5) is 5.69 Å². The van der Waals surface area contributed by atoms with Gasteiger partial charge in [0.2, 0.25) is 15.9 Å². The van der Waals surface area contributed by atoms with Crippen LogP contribution < -0.4 is 14.8 Å².